The molecule has 0 radical (unpaired) electrons. The van der Waals surface area contributed by atoms with Crippen LogP contribution in [-0.2, 0) is 27.2 Å². The summed E-state index contributed by atoms with van der Waals surface area (Å²) in [5.74, 6) is -0.815. The standard InChI is InChI=1S/C26H25NO6/c1-26(12-11-19(29)15-23(26)30)27-24(31)21-10-6-17(14-22(21)25(27)32)3-7-18(28)13-16-4-8-20(33-2)9-5-16/h4-6,8-10,14H,3,7,11-13,15H2,1-2H3/t26-/m0/s1. The van der Waals surface area contributed by atoms with Gasteiger partial charge in [0.05, 0.1) is 24.7 Å². The molecular weight excluding hydrogens is 422 g/mol. The van der Waals surface area contributed by atoms with E-state index in [1.165, 1.54) is 0 Å². The number of ether oxygens (including phenoxy) is 1. The fourth-order valence-electron chi connectivity index (χ4n) is 4.45. The number of carbonyl (C=O) groups excluding carboxylic acids is 5. The summed E-state index contributed by atoms with van der Waals surface area (Å²) in [4.78, 5) is 63.7. The van der Waals surface area contributed by atoms with Crippen molar-refractivity contribution in [1.82, 2.24) is 4.90 Å². The number of aryl methyl sites for hydroxylation is 1. The minimum Gasteiger partial charge on any atom is -0.497 e. The van der Waals surface area contributed by atoms with E-state index in [0.29, 0.717) is 19.3 Å². The number of amides is 2. The van der Waals surface area contributed by atoms with Gasteiger partial charge in [-0.05, 0) is 55.2 Å². The molecule has 170 valence electrons. The van der Waals surface area contributed by atoms with Gasteiger partial charge in [-0.1, -0.05) is 18.2 Å². The van der Waals surface area contributed by atoms with Crippen LogP contribution in [0, 0.1) is 0 Å². The molecule has 2 aliphatic rings. The number of fused-ring (bicyclic) bond motifs is 1. The number of ketones is 3. The number of benzene rings is 2. The van der Waals surface area contributed by atoms with Gasteiger partial charge in [-0.25, -0.2) is 0 Å². The van der Waals surface area contributed by atoms with E-state index in [9.17, 15) is 24.0 Å². The Morgan fingerprint density at radius 3 is 2.30 bits per heavy atom. The van der Waals surface area contributed by atoms with E-state index in [-0.39, 0.29) is 42.0 Å². The average Bonchev–Trinajstić information content (AvgIpc) is 3.05. The first kappa shape index (κ1) is 22.6. The lowest BCUT2D eigenvalue weighted by atomic mass is 9.80. The summed E-state index contributed by atoms with van der Waals surface area (Å²) in [6.45, 7) is 1.56. The highest BCUT2D eigenvalue weighted by atomic mass is 16.5. The van der Waals surface area contributed by atoms with E-state index in [2.05, 4.69) is 0 Å². The molecular formula is C26H25NO6. The van der Waals surface area contributed by atoms with Crippen LogP contribution in [0.5, 0.6) is 5.75 Å². The fourth-order valence-corrected chi connectivity index (χ4v) is 4.45. The number of hydrogen-bond acceptors (Lipinski definition) is 6. The normalized spacial score (nSPS) is 20.2. The first-order valence-corrected chi connectivity index (χ1v) is 10.9. The third kappa shape index (κ3) is 4.23. The Morgan fingerprint density at radius 1 is 0.970 bits per heavy atom. The number of imide groups is 1. The summed E-state index contributed by atoms with van der Waals surface area (Å²) in [6.07, 6.45) is 1.09. The second-order valence-electron chi connectivity index (χ2n) is 8.80. The Hall–Kier alpha value is -3.61. The molecule has 0 bridgehead atoms. The molecule has 1 fully saturated rings. The van der Waals surface area contributed by atoms with Crippen LogP contribution in [-0.4, -0.2) is 46.7 Å². The van der Waals surface area contributed by atoms with Crippen LogP contribution in [0.2, 0.25) is 0 Å². The number of hydrogen-bond donors (Lipinski definition) is 0. The average molecular weight is 447 g/mol. The van der Waals surface area contributed by atoms with Gasteiger partial charge in [0.25, 0.3) is 11.8 Å². The van der Waals surface area contributed by atoms with Crippen LogP contribution in [0.3, 0.4) is 0 Å². The molecule has 2 amide bonds. The minimum absolute atomic E-state index is 0.0645. The van der Waals surface area contributed by atoms with Gasteiger partial charge in [-0.15, -0.1) is 0 Å². The van der Waals surface area contributed by atoms with Crippen molar-refractivity contribution < 1.29 is 28.7 Å². The molecule has 33 heavy (non-hydrogen) atoms. The van der Waals surface area contributed by atoms with Crippen molar-refractivity contribution in [2.24, 2.45) is 0 Å². The van der Waals surface area contributed by atoms with Gasteiger partial charge >= 0.3 is 0 Å². The van der Waals surface area contributed by atoms with Crippen molar-refractivity contribution in [3.05, 3.63) is 64.7 Å². The molecule has 7 heteroatoms. The largest absolute Gasteiger partial charge is 0.497 e. The van der Waals surface area contributed by atoms with Crippen molar-refractivity contribution in [3.63, 3.8) is 0 Å². The number of carbonyl (C=O) groups is 5. The van der Waals surface area contributed by atoms with Crippen LogP contribution in [0.4, 0.5) is 0 Å². The van der Waals surface area contributed by atoms with Gasteiger partial charge < -0.3 is 4.74 Å². The number of nitrogens with zero attached hydrogens (tertiary/aromatic N) is 1. The lowest BCUT2D eigenvalue weighted by Gasteiger charge is -2.38. The van der Waals surface area contributed by atoms with Crippen molar-refractivity contribution >= 4 is 29.2 Å². The van der Waals surface area contributed by atoms with E-state index < -0.39 is 23.1 Å². The number of rotatable bonds is 7. The molecule has 1 aliphatic carbocycles. The maximum atomic E-state index is 13.1. The van der Waals surface area contributed by atoms with Gasteiger partial charge in [0, 0.05) is 19.3 Å². The van der Waals surface area contributed by atoms with E-state index in [1.807, 2.05) is 24.3 Å². The number of Topliss-reactive ketones (excluding diaryl/α,β-unsaturated/α-hetero) is 3. The van der Waals surface area contributed by atoms with Crippen LogP contribution >= 0.6 is 0 Å². The Bertz CT molecular complexity index is 1170. The van der Waals surface area contributed by atoms with Crippen molar-refractivity contribution in [1.29, 1.82) is 0 Å². The molecule has 0 unspecified atom stereocenters. The summed E-state index contributed by atoms with van der Waals surface area (Å²) >= 11 is 0. The molecule has 1 saturated carbocycles. The lowest BCUT2D eigenvalue weighted by Crippen LogP contribution is -2.57. The predicted molar refractivity (Wildman–Crippen MR) is 119 cm³/mol. The third-order valence-electron chi connectivity index (χ3n) is 6.55. The Kier molecular flexibility index (Phi) is 5.97. The topological polar surface area (TPSA) is 97.8 Å². The van der Waals surface area contributed by atoms with Crippen LogP contribution in [0.15, 0.2) is 42.5 Å². The third-order valence-corrected chi connectivity index (χ3v) is 6.55. The minimum atomic E-state index is -1.31. The zero-order valence-corrected chi connectivity index (χ0v) is 18.7. The van der Waals surface area contributed by atoms with E-state index >= 15 is 0 Å². The molecule has 4 rings (SSSR count). The highest BCUT2D eigenvalue weighted by Gasteiger charge is 2.52. The first-order valence-electron chi connectivity index (χ1n) is 10.9. The Balaban J connectivity index is 1.45. The molecule has 0 saturated heterocycles. The van der Waals surface area contributed by atoms with Crippen molar-refractivity contribution in [3.8, 4) is 5.75 Å². The zero-order chi connectivity index (χ0) is 23.8. The second kappa shape index (κ2) is 8.73. The number of methoxy groups -OCH3 is 1. The summed E-state index contributed by atoms with van der Waals surface area (Å²) < 4.78 is 5.12. The van der Waals surface area contributed by atoms with Crippen molar-refractivity contribution in [2.45, 2.75) is 51.0 Å². The molecule has 1 aliphatic heterocycles. The summed E-state index contributed by atoms with van der Waals surface area (Å²) in [7, 11) is 1.59. The van der Waals surface area contributed by atoms with Gasteiger partial charge in [-0.2, -0.15) is 0 Å². The molecule has 0 aromatic heterocycles. The summed E-state index contributed by atoms with van der Waals surface area (Å²) in [6, 6.07) is 12.3. The Morgan fingerprint density at radius 2 is 1.64 bits per heavy atom. The second-order valence-corrected chi connectivity index (χ2v) is 8.80. The zero-order valence-electron chi connectivity index (χ0n) is 18.7. The molecule has 0 N–H and O–H groups in total. The molecule has 1 heterocycles. The van der Waals surface area contributed by atoms with Gasteiger partial charge in [0.1, 0.15) is 22.9 Å². The molecule has 1 atom stereocenters. The van der Waals surface area contributed by atoms with Gasteiger partial charge in [-0.3, -0.25) is 28.9 Å². The smallest absolute Gasteiger partial charge is 0.262 e. The molecule has 0 spiro atoms. The predicted octanol–water partition coefficient (Wildman–Crippen LogP) is 3.12. The van der Waals surface area contributed by atoms with Crippen LogP contribution in [0.25, 0.3) is 0 Å². The maximum Gasteiger partial charge on any atom is 0.262 e. The van der Waals surface area contributed by atoms with E-state index in [4.69, 9.17) is 4.74 Å². The molecule has 2 aromatic carbocycles. The summed E-state index contributed by atoms with van der Waals surface area (Å²) in [5, 5.41) is 0. The SMILES string of the molecule is COc1ccc(CC(=O)CCc2ccc3c(c2)C(=O)N([C@@]2(C)CCC(=O)CC2=O)C3=O)cc1. The van der Waals surface area contributed by atoms with Crippen LogP contribution in [0.1, 0.15) is 64.4 Å². The van der Waals surface area contributed by atoms with Crippen molar-refractivity contribution in [2.75, 3.05) is 7.11 Å². The lowest BCUT2D eigenvalue weighted by molar-refractivity contribution is -0.137. The van der Waals surface area contributed by atoms with Gasteiger partial charge in [0.2, 0.25) is 0 Å². The van der Waals surface area contributed by atoms with Gasteiger partial charge in [0.15, 0.2) is 5.78 Å². The first-order chi connectivity index (χ1) is 15.7. The monoisotopic (exact) mass is 447 g/mol. The maximum absolute atomic E-state index is 13.1. The quantitative estimate of drug-likeness (QED) is 0.478. The van der Waals surface area contributed by atoms with E-state index in [0.717, 1.165) is 21.8 Å². The fraction of sp³-hybridized carbons (Fsp3) is 0.346. The summed E-state index contributed by atoms with van der Waals surface area (Å²) in [5.41, 5.74) is 0.853. The highest BCUT2D eigenvalue weighted by Crippen LogP contribution is 2.36. The Labute approximate surface area is 191 Å². The van der Waals surface area contributed by atoms with Crippen LogP contribution < -0.4 is 4.74 Å². The highest BCUT2D eigenvalue weighted by molar-refractivity contribution is 6.24. The van der Waals surface area contributed by atoms with E-state index in [1.54, 1.807) is 32.2 Å². The molecule has 7 nitrogen and oxygen atoms in total. The molecule has 2 aromatic rings.